The molecule has 0 bridgehead atoms. The summed E-state index contributed by atoms with van der Waals surface area (Å²) >= 11 is 4.06. The molecule has 0 spiro atoms. The number of anilines is 1. The maximum Gasteiger partial charge on any atom is 0.452 e. The average molecular weight is 318 g/mol. The first kappa shape index (κ1) is 13.7. The molecule has 0 saturated heterocycles. The van der Waals surface area contributed by atoms with E-state index in [0.29, 0.717) is 5.33 Å². The van der Waals surface area contributed by atoms with Crippen molar-refractivity contribution < 1.29 is 13.2 Å². The summed E-state index contributed by atoms with van der Waals surface area (Å²) in [5, 5.41) is 0.883. The van der Waals surface area contributed by atoms with Crippen molar-refractivity contribution in [1.82, 2.24) is 9.36 Å². The Morgan fingerprint density at radius 2 is 1.94 bits per heavy atom. The van der Waals surface area contributed by atoms with Crippen LogP contribution >= 0.6 is 27.5 Å². The molecule has 0 N–H and O–H groups in total. The van der Waals surface area contributed by atoms with Gasteiger partial charge in [-0.1, -0.05) is 15.9 Å². The Hall–Kier alpha value is -0.370. The number of halogens is 4. The van der Waals surface area contributed by atoms with Gasteiger partial charge in [0, 0.05) is 29.4 Å². The van der Waals surface area contributed by atoms with E-state index in [1.807, 2.05) is 13.8 Å². The molecule has 0 saturated carbocycles. The van der Waals surface area contributed by atoms with Gasteiger partial charge in [-0.15, -0.1) is 0 Å². The van der Waals surface area contributed by atoms with Gasteiger partial charge in [-0.3, -0.25) is 0 Å². The number of nitrogens with zero attached hydrogens (tertiary/aromatic N) is 3. The van der Waals surface area contributed by atoms with Crippen molar-refractivity contribution in [3.05, 3.63) is 5.82 Å². The van der Waals surface area contributed by atoms with E-state index in [1.165, 1.54) is 0 Å². The highest BCUT2D eigenvalue weighted by atomic mass is 79.9. The molecule has 0 unspecified atom stereocenters. The summed E-state index contributed by atoms with van der Waals surface area (Å²) in [7, 11) is 1.70. The lowest BCUT2D eigenvalue weighted by Crippen LogP contribution is -2.42. The average Bonchev–Trinajstić information content (AvgIpc) is 2.64. The van der Waals surface area contributed by atoms with Crippen molar-refractivity contribution in [2.45, 2.75) is 25.6 Å². The van der Waals surface area contributed by atoms with E-state index in [9.17, 15) is 13.2 Å². The number of alkyl halides is 4. The van der Waals surface area contributed by atoms with Crippen molar-refractivity contribution in [2.24, 2.45) is 0 Å². The molecule has 1 aromatic rings. The second kappa shape index (κ2) is 4.48. The minimum absolute atomic E-state index is 0.261. The molecule has 0 aliphatic rings. The van der Waals surface area contributed by atoms with Gasteiger partial charge >= 0.3 is 6.18 Å². The molecule has 1 aromatic heterocycles. The van der Waals surface area contributed by atoms with Crippen molar-refractivity contribution in [3.63, 3.8) is 0 Å². The van der Waals surface area contributed by atoms with Gasteiger partial charge < -0.3 is 4.90 Å². The lowest BCUT2D eigenvalue weighted by molar-refractivity contribution is -0.144. The maximum absolute atomic E-state index is 12.3. The smallest absolute Gasteiger partial charge is 0.344 e. The summed E-state index contributed by atoms with van der Waals surface area (Å²) in [6.45, 7) is 3.80. The first-order chi connectivity index (χ1) is 7.18. The molecule has 0 radical (unpaired) electrons. The molecule has 0 aromatic carbocycles. The summed E-state index contributed by atoms with van der Waals surface area (Å²) in [6, 6.07) is 0. The third-order valence-corrected chi connectivity index (χ3v) is 4.36. The Morgan fingerprint density at radius 3 is 2.31 bits per heavy atom. The predicted molar refractivity (Wildman–Crippen MR) is 61.2 cm³/mol. The molecule has 0 aliphatic carbocycles. The molecule has 0 atom stereocenters. The molecule has 16 heavy (non-hydrogen) atoms. The molecular formula is C8H11BrF3N3S. The number of rotatable bonds is 3. The Labute approximate surface area is 104 Å². The van der Waals surface area contributed by atoms with Crippen LogP contribution in [-0.4, -0.2) is 27.3 Å². The highest BCUT2D eigenvalue weighted by Crippen LogP contribution is 2.32. The molecule has 1 rings (SSSR count). The highest BCUT2D eigenvalue weighted by molar-refractivity contribution is 9.09. The lowest BCUT2D eigenvalue weighted by Gasteiger charge is -2.33. The molecule has 0 fully saturated rings. The summed E-state index contributed by atoms with van der Waals surface area (Å²) in [5.74, 6) is -1.08. The molecule has 8 heteroatoms. The van der Waals surface area contributed by atoms with Crippen LogP contribution in [0.4, 0.5) is 18.3 Å². The summed E-state index contributed by atoms with van der Waals surface area (Å²) in [5.41, 5.74) is -0.317. The summed E-state index contributed by atoms with van der Waals surface area (Å²) in [4.78, 5) is 5.16. The van der Waals surface area contributed by atoms with Gasteiger partial charge in [-0.25, -0.2) is 0 Å². The van der Waals surface area contributed by atoms with Crippen LogP contribution in [0.25, 0.3) is 0 Å². The minimum Gasteiger partial charge on any atom is -0.344 e. The highest BCUT2D eigenvalue weighted by Gasteiger charge is 2.37. The van der Waals surface area contributed by atoms with Crippen LogP contribution in [-0.2, 0) is 6.18 Å². The fourth-order valence-electron chi connectivity index (χ4n) is 0.815. The first-order valence-electron chi connectivity index (χ1n) is 4.39. The van der Waals surface area contributed by atoms with Crippen LogP contribution in [0.2, 0.25) is 0 Å². The molecule has 0 aliphatic heterocycles. The third kappa shape index (κ3) is 2.85. The van der Waals surface area contributed by atoms with E-state index < -0.39 is 12.0 Å². The second-order valence-corrected chi connectivity index (χ2v) is 5.19. The topological polar surface area (TPSA) is 29.0 Å². The van der Waals surface area contributed by atoms with Crippen LogP contribution < -0.4 is 4.90 Å². The van der Waals surface area contributed by atoms with E-state index in [-0.39, 0.29) is 10.7 Å². The van der Waals surface area contributed by atoms with Gasteiger partial charge in [0.2, 0.25) is 11.0 Å². The molecular weight excluding hydrogens is 307 g/mol. The number of hydrogen-bond donors (Lipinski definition) is 0. The van der Waals surface area contributed by atoms with Crippen molar-refractivity contribution in [3.8, 4) is 0 Å². The zero-order valence-electron chi connectivity index (χ0n) is 8.97. The van der Waals surface area contributed by atoms with Gasteiger partial charge in [0.05, 0.1) is 0 Å². The van der Waals surface area contributed by atoms with E-state index in [1.54, 1.807) is 11.9 Å². The Morgan fingerprint density at radius 1 is 1.38 bits per heavy atom. The third-order valence-electron chi connectivity index (χ3n) is 2.19. The van der Waals surface area contributed by atoms with Gasteiger partial charge in [-0.2, -0.15) is 22.5 Å². The fourth-order valence-corrected chi connectivity index (χ4v) is 2.00. The number of aromatic nitrogens is 2. The zero-order valence-corrected chi connectivity index (χ0v) is 11.4. The largest absolute Gasteiger partial charge is 0.452 e. The lowest BCUT2D eigenvalue weighted by atomic mass is 10.1. The first-order valence-corrected chi connectivity index (χ1v) is 6.28. The summed E-state index contributed by atoms with van der Waals surface area (Å²) in [6.07, 6.45) is -4.48. The van der Waals surface area contributed by atoms with Crippen LogP contribution in [0, 0.1) is 0 Å². The second-order valence-electron chi connectivity index (χ2n) is 3.90. The fraction of sp³-hybridized carbons (Fsp3) is 0.750. The Kier molecular flexibility index (Phi) is 3.83. The van der Waals surface area contributed by atoms with E-state index in [4.69, 9.17) is 0 Å². The standard InChI is InChI=1S/C8H11BrF3N3S/c1-7(2,4-9)15(3)6-13-5(14-16-6)8(10,11)12/h4H2,1-3H3. The van der Waals surface area contributed by atoms with Gasteiger partial charge in [0.25, 0.3) is 0 Å². The van der Waals surface area contributed by atoms with Gasteiger partial charge in [-0.05, 0) is 13.8 Å². The van der Waals surface area contributed by atoms with Crippen molar-refractivity contribution >= 4 is 32.6 Å². The van der Waals surface area contributed by atoms with Crippen molar-refractivity contribution in [1.29, 1.82) is 0 Å². The van der Waals surface area contributed by atoms with Crippen molar-refractivity contribution in [2.75, 3.05) is 17.3 Å². The SMILES string of the molecule is CN(c1nc(C(F)(F)F)ns1)C(C)(C)CBr. The normalized spacial score (nSPS) is 12.9. The molecule has 3 nitrogen and oxygen atoms in total. The summed E-state index contributed by atoms with van der Waals surface area (Å²) < 4.78 is 40.2. The molecule has 1 heterocycles. The number of hydrogen-bond acceptors (Lipinski definition) is 4. The zero-order chi connectivity index (χ0) is 12.6. The van der Waals surface area contributed by atoms with Crippen LogP contribution in [0.1, 0.15) is 19.7 Å². The van der Waals surface area contributed by atoms with E-state index >= 15 is 0 Å². The van der Waals surface area contributed by atoms with Gasteiger partial charge in [0.15, 0.2) is 0 Å². The molecule has 92 valence electrons. The predicted octanol–water partition coefficient (Wildman–Crippen LogP) is 3.17. The van der Waals surface area contributed by atoms with Crippen LogP contribution in [0.5, 0.6) is 0 Å². The maximum atomic E-state index is 12.3. The minimum atomic E-state index is -4.48. The van der Waals surface area contributed by atoms with E-state index in [0.717, 1.165) is 11.5 Å². The quantitative estimate of drug-likeness (QED) is 0.802. The van der Waals surface area contributed by atoms with Gasteiger partial charge in [0.1, 0.15) is 0 Å². The Bertz CT molecular complexity index is 364. The van der Waals surface area contributed by atoms with E-state index in [2.05, 4.69) is 25.3 Å². The van der Waals surface area contributed by atoms with Crippen LogP contribution in [0.3, 0.4) is 0 Å². The van der Waals surface area contributed by atoms with Crippen LogP contribution in [0.15, 0.2) is 0 Å². The Balaban J connectivity index is 2.95. The molecule has 0 amide bonds. The monoisotopic (exact) mass is 317 g/mol.